The van der Waals surface area contributed by atoms with Gasteiger partial charge in [0.05, 0.1) is 16.7 Å². The van der Waals surface area contributed by atoms with E-state index in [0.717, 1.165) is 12.1 Å². The average Bonchev–Trinajstić information content (AvgIpc) is 2.84. The molecule has 12 heteroatoms. The number of nitrogens with zero attached hydrogens (tertiary/aromatic N) is 1. The van der Waals surface area contributed by atoms with E-state index in [4.69, 9.17) is 37.1 Å². The zero-order valence-corrected chi connectivity index (χ0v) is 26.4. The van der Waals surface area contributed by atoms with E-state index < -0.39 is 31.0 Å². The van der Waals surface area contributed by atoms with Gasteiger partial charge in [0.2, 0.25) is 0 Å². The maximum Gasteiger partial charge on any atom is 0.261 e. The topological polar surface area (TPSA) is 77.1 Å². The summed E-state index contributed by atoms with van der Waals surface area (Å²) in [5.74, 6) is -1.42. The van der Waals surface area contributed by atoms with Crippen molar-refractivity contribution in [2.24, 2.45) is 0 Å². The Labute approximate surface area is 250 Å². The van der Waals surface area contributed by atoms with Crippen LogP contribution in [-0.2, 0) is 14.0 Å². The van der Waals surface area contributed by atoms with Gasteiger partial charge in [-0.3, -0.25) is 9.59 Å². The summed E-state index contributed by atoms with van der Waals surface area (Å²) in [6, 6.07) is 8.01. The minimum atomic E-state index is -2.03. The monoisotopic (exact) mass is 628 g/mol. The molecule has 5 rings (SSSR count). The maximum absolute atomic E-state index is 13.8. The fourth-order valence-electron chi connectivity index (χ4n) is 5.23. The third kappa shape index (κ3) is 6.98. The van der Waals surface area contributed by atoms with E-state index in [1.165, 1.54) is 24.3 Å². The first-order chi connectivity index (χ1) is 19.0. The van der Waals surface area contributed by atoms with Crippen molar-refractivity contribution < 1.29 is 32.3 Å². The largest absolute Gasteiger partial charge is 0.484 e. The van der Waals surface area contributed by atoms with Crippen LogP contribution >= 0.6 is 23.2 Å². The summed E-state index contributed by atoms with van der Waals surface area (Å²) in [6.07, 6.45) is 1.76. The van der Waals surface area contributed by atoms with E-state index >= 15 is 0 Å². The fourth-order valence-corrected chi connectivity index (χ4v) is 6.49. The van der Waals surface area contributed by atoms with Gasteiger partial charge in [-0.15, -0.1) is 0 Å². The predicted octanol–water partition coefficient (Wildman–Crippen LogP) is 6.37. The Morgan fingerprint density at radius 1 is 0.951 bits per heavy atom. The van der Waals surface area contributed by atoms with Gasteiger partial charge < -0.3 is 24.1 Å². The maximum atomic E-state index is 13.8. The Kier molecular flexibility index (Phi) is 9.00. The molecule has 2 aromatic rings. The standard InChI is InChI=1S/C29H36Cl2F2N2O5Si/c1-27(2,3)41(4,5)40-11-10-35(26(37)15-39-20-7-9-22(31)24(33)13-20)29-16-28(17-29,18-29)34-25(36)14-38-19-6-8-21(30)23(32)12-19/h6-9,12-13H,10-11,14-18H2,1-5H3,(H,34,36). The molecule has 0 aliphatic heterocycles. The molecule has 0 atom stereocenters. The molecule has 0 aromatic heterocycles. The lowest BCUT2D eigenvalue weighted by atomic mass is 9.43. The molecule has 0 radical (unpaired) electrons. The smallest absolute Gasteiger partial charge is 0.261 e. The van der Waals surface area contributed by atoms with Gasteiger partial charge in [-0.1, -0.05) is 44.0 Å². The number of nitrogens with one attached hydrogen (secondary N) is 1. The van der Waals surface area contributed by atoms with Gasteiger partial charge in [0.15, 0.2) is 21.5 Å². The van der Waals surface area contributed by atoms with Crippen molar-refractivity contribution >= 4 is 43.3 Å². The molecule has 3 aliphatic rings. The Morgan fingerprint density at radius 2 is 1.46 bits per heavy atom. The molecule has 0 saturated heterocycles. The van der Waals surface area contributed by atoms with E-state index in [-0.39, 0.29) is 51.6 Å². The van der Waals surface area contributed by atoms with Crippen LogP contribution in [-0.4, -0.2) is 62.5 Å². The van der Waals surface area contributed by atoms with Crippen molar-refractivity contribution in [2.45, 2.75) is 69.2 Å². The van der Waals surface area contributed by atoms with Gasteiger partial charge in [0.1, 0.15) is 23.1 Å². The molecule has 3 fully saturated rings. The molecule has 0 spiro atoms. The summed E-state index contributed by atoms with van der Waals surface area (Å²) in [4.78, 5) is 27.8. The number of amides is 2. The molecular weight excluding hydrogens is 593 g/mol. The van der Waals surface area contributed by atoms with Crippen LogP contribution in [0.25, 0.3) is 0 Å². The normalized spacial score (nSPS) is 21.4. The quantitative estimate of drug-likeness (QED) is 0.276. The van der Waals surface area contributed by atoms with Gasteiger partial charge >= 0.3 is 0 Å². The van der Waals surface area contributed by atoms with E-state index in [0.29, 0.717) is 32.4 Å². The third-order valence-electron chi connectivity index (χ3n) is 8.38. The van der Waals surface area contributed by atoms with Gasteiger partial charge in [0, 0.05) is 29.8 Å². The lowest BCUT2D eigenvalue weighted by Gasteiger charge is -2.73. The molecule has 3 saturated carbocycles. The third-order valence-corrected chi connectivity index (χ3v) is 13.5. The molecule has 2 bridgehead atoms. The first-order valence-corrected chi connectivity index (χ1v) is 17.1. The molecule has 224 valence electrons. The van der Waals surface area contributed by atoms with Crippen molar-refractivity contribution in [2.75, 3.05) is 26.4 Å². The fraction of sp³-hybridized carbons (Fsp3) is 0.517. The summed E-state index contributed by atoms with van der Waals surface area (Å²) in [5.41, 5.74) is -0.847. The van der Waals surface area contributed by atoms with Crippen molar-refractivity contribution in [3.8, 4) is 11.5 Å². The van der Waals surface area contributed by atoms with Crippen molar-refractivity contribution in [1.82, 2.24) is 10.2 Å². The summed E-state index contributed by atoms with van der Waals surface area (Å²) in [5, 5.41) is 2.98. The molecule has 7 nitrogen and oxygen atoms in total. The number of benzene rings is 2. The van der Waals surface area contributed by atoms with Gasteiger partial charge in [-0.25, -0.2) is 8.78 Å². The van der Waals surface area contributed by atoms with Crippen LogP contribution in [0.2, 0.25) is 28.2 Å². The Bertz CT molecular complexity index is 1300. The van der Waals surface area contributed by atoms with Crippen molar-refractivity contribution in [1.29, 1.82) is 0 Å². The molecule has 2 amide bonds. The number of rotatable bonds is 12. The second kappa shape index (κ2) is 11.7. The zero-order chi connectivity index (χ0) is 30.2. The Hall–Kier alpha value is -2.40. The number of carbonyl (C=O) groups is 2. The number of ether oxygens (including phenoxy) is 2. The van der Waals surface area contributed by atoms with Gasteiger partial charge in [-0.2, -0.15) is 0 Å². The first-order valence-electron chi connectivity index (χ1n) is 13.5. The van der Waals surface area contributed by atoms with Crippen molar-refractivity contribution in [3.05, 3.63) is 58.1 Å². The number of hydrogen-bond donors (Lipinski definition) is 1. The van der Waals surface area contributed by atoms with E-state index in [1.807, 2.05) is 0 Å². The second-order valence-corrected chi connectivity index (χ2v) is 18.1. The van der Waals surface area contributed by atoms with Crippen LogP contribution in [0.3, 0.4) is 0 Å². The highest BCUT2D eigenvalue weighted by molar-refractivity contribution is 6.74. The summed E-state index contributed by atoms with van der Waals surface area (Å²) >= 11 is 11.4. The molecule has 2 aromatic carbocycles. The highest BCUT2D eigenvalue weighted by Crippen LogP contribution is 2.63. The van der Waals surface area contributed by atoms with Crippen LogP contribution in [0.15, 0.2) is 36.4 Å². The molecule has 41 heavy (non-hydrogen) atoms. The highest BCUT2D eigenvalue weighted by atomic mass is 35.5. The predicted molar refractivity (Wildman–Crippen MR) is 156 cm³/mol. The van der Waals surface area contributed by atoms with E-state index in [1.54, 1.807) is 4.90 Å². The second-order valence-electron chi connectivity index (χ2n) is 12.5. The lowest BCUT2D eigenvalue weighted by molar-refractivity contribution is -0.194. The van der Waals surface area contributed by atoms with Gasteiger partial charge in [-0.05, 0) is 61.7 Å². The number of hydrogen-bond acceptors (Lipinski definition) is 5. The molecule has 0 unspecified atom stereocenters. The minimum absolute atomic E-state index is 0.0219. The molecule has 1 N–H and O–H groups in total. The van der Waals surface area contributed by atoms with Crippen LogP contribution in [0, 0.1) is 11.6 Å². The van der Waals surface area contributed by atoms with E-state index in [2.05, 4.69) is 39.2 Å². The SMILES string of the molecule is CC(C)(C)[Si](C)(C)OCCN(C(=O)COc1ccc(Cl)c(F)c1)C12CC(NC(=O)COc3ccc(Cl)c(F)c3)(C1)C2. The van der Waals surface area contributed by atoms with Crippen molar-refractivity contribution in [3.63, 3.8) is 0 Å². The highest BCUT2D eigenvalue weighted by Gasteiger charge is 2.71. The van der Waals surface area contributed by atoms with Gasteiger partial charge in [0.25, 0.3) is 11.8 Å². The molecule has 0 heterocycles. The number of halogens is 4. The Balaban J connectivity index is 1.35. The average molecular weight is 630 g/mol. The van der Waals surface area contributed by atoms with E-state index in [9.17, 15) is 18.4 Å². The summed E-state index contributed by atoms with van der Waals surface area (Å²) in [6.45, 7) is 11.0. The van der Waals surface area contributed by atoms with Crippen LogP contribution in [0.4, 0.5) is 8.78 Å². The summed E-state index contributed by atoms with van der Waals surface area (Å²) in [7, 11) is -2.03. The van der Waals surface area contributed by atoms with Crippen LogP contribution in [0.5, 0.6) is 11.5 Å². The minimum Gasteiger partial charge on any atom is -0.484 e. The van der Waals surface area contributed by atoms with Crippen LogP contribution < -0.4 is 14.8 Å². The Morgan fingerprint density at radius 3 is 1.95 bits per heavy atom. The van der Waals surface area contributed by atoms with Crippen LogP contribution in [0.1, 0.15) is 40.0 Å². The number of carbonyl (C=O) groups excluding carboxylic acids is 2. The molecular formula is C29H36Cl2F2N2O5Si. The lowest BCUT2D eigenvalue weighted by Crippen LogP contribution is -2.84. The summed E-state index contributed by atoms with van der Waals surface area (Å²) < 4.78 is 44.8. The molecule has 3 aliphatic carbocycles. The zero-order valence-electron chi connectivity index (χ0n) is 23.9. The first kappa shape index (κ1) is 31.5.